The first-order valence-corrected chi connectivity index (χ1v) is 4.92. The Morgan fingerprint density at radius 3 is 2.27 bits per heavy atom. The van der Waals surface area contributed by atoms with E-state index in [4.69, 9.17) is 16.2 Å². The third-order valence-electron chi connectivity index (χ3n) is 0.863. The van der Waals surface area contributed by atoms with Gasteiger partial charge in [-0.2, -0.15) is 8.42 Å². The quantitative estimate of drug-likeness (QED) is 0.591. The third kappa shape index (κ3) is 3.41. The van der Waals surface area contributed by atoms with E-state index in [1.807, 2.05) is 0 Å². The third-order valence-corrected chi connectivity index (χ3v) is 3.17. The molecule has 11 heavy (non-hydrogen) atoms. The Bertz CT molecular complexity index is 331. The van der Waals surface area contributed by atoms with Gasteiger partial charge in [0.2, 0.25) is 0 Å². The molecule has 57 valence electrons. The molecule has 0 amide bonds. The van der Waals surface area contributed by atoms with Gasteiger partial charge in [0.05, 0.1) is 0 Å². The van der Waals surface area contributed by atoms with Crippen LogP contribution >= 0.6 is 22.9 Å². The van der Waals surface area contributed by atoms with Gasteiger partial charge >= 0.3 is 0 Å². The van der Waals surface area contributed by atoms with Gasteiger partial charge < -0.3 is 0 Å². The first kappa shape index (κ1) is 12.5. The molecule has 0 fully saturated rings. The fourth-order valence-electron chi connectivity index (χ4n) is 0.467. The molecular weight excluding hydrogens is 235 g/mol. The molecule has 1 radical (unpaired) electrons. The zero-order valence-corrected chi connectivity index (χ0v) is 11.1. The Kier molecular flexibility index (Phi) is 5.34. The van der Waals surface area contributed by atoms with Crippen molar-refractivity contribution in [1.82, 2.24) is 0 Å². The normalized spacial score (nSPS) is 10.7. The number of hydrogen-bond acceptors (Lipinski definition) is 3. The second kappa shape index (κ2) is 4.68. The number of rotatable bonds is 1. The topological polar surface area (TPSA) is 54.4 Å². The van der Waals surface area contributed by atoms with Crippen molar-refractivity contribution in [1.29, 1.82) is 0 Å². The van der Waals surface area contributed by atoms with Gasteiger partial charge in [-0.15, -0.1) is 11.3 Å². The average molecular weight is 238 g/mol. The van der Waals surface area contributed by atoms with Crippen molar-refractivity contribution in [3.05, 3.63) is 15.8 Å². The van der Waals surface area contributed by atoms with E-state index in [2.05, 4.69) is 0 Å². The molecule has 0 saturated heterocycles. The van der Waals surface area contributed by atoms with E-state index in [9.17, 15) is 8.42 Å². The smallest absolute Gasteiger partial charge is 0.282 e. The van der Waals surface area contributed by atoms with E-state index >= 15 is 0 Å². The van der Waals surface area contributed by atoms with Crippen molar-refractivity contribution in [2.24, 2.45) is 0 Å². The minimum Gasteiger partial charge on any atom is -0.282 e. The molecule has 0 aromatic carbocycles. The van der Waals surface area contributed by atoms with Crippen LogP contribution in [0, 0.1) is 0 Å². The minimum absolute atomic E-state index is 0. The molecule has 3 nitrogen and oxygen atoms in total. The predicted octanol–water partition coefficient (Wildman–Crippen LogP) is 1.27. The van der Waals surface area contributed by atoms with Crippen molar-refractivity contribution < 1.29 is 13.0 Å². The molecule has 1 aromatic heterocycles. The van der Waals surface area contributed by atoms with Crippen LogP contribution in [0.2, 0.25) is 4.34 Å². The number of halogens is 1. The SMILES string of the molecule is O=S(=O)(O)c1ccsc1Cl.[K]. The molecule has 0 aliphatic carbocycles. The van der Waals surface area contributed by atoms with Crippen molar-refractivity contribution in [2.75, 3.05) is 0 Å². The van der Waals surface area contributed by atoms with Gasteiger partial charge in [-0.05, 0) is 11.4 Å². The summed E-state index contributed by atoms with van der Waals surface area (Å²) in [6.45, 7) is 0. The summed E-state index contributed by atoms with van der Waals surface area (Å²) in [5, 5.41) is 1.49. The summed E-state index contributed by atoms with van der Waals surface area (Å²) in [7, 11) is -4.11. The van der Waals surface area contributed by atoms with E-state index in [-0.39, 0.29) is 60.6 Å². The van der Waals surface area contributed by atoms with Gasteiger partial charge in [-0.25, -0.2) is 0 Å². The Morgan fingerprint density at radius 1 is 1.55 bits per heavy atom. The van der Waals surface area contributed by atoms with Crippen LogP contribution in [-0.2, 0) is 10.1 Å². The summed E-state index contributed by atoms with van der Waals surface area (Å²) >= 11 is 6.46. The fraction of sp³-hybridized carbons (Fsp3) is 0. The van der Waals surface area contributed by atoms with Crippen LogP contribution in [0.15, 0.2) is 16.3 Å². The van der Waals surface area contributed by atoms with Crippen LogP contribution in [0.3, 0.4) is 0 Å². The van der Waals surface area contributed by atoms with Crippen LogP contribution in [0.5, 0.6) is 0 Å². The summed E-state index contributed by atoms with van der Waals surface area (Å²) < 4.78 is 29.3. The molecule has 0 saturated carbocycles. The van der Waals surface area contributed by atoms with E-state index in [0.717, 1.165) is 11.3 Å². The van der Waals surface area contributed by atoms with Crippen molar-refractivity contribution in [3.63, 3.8) is 0 Å². The Hall–Kier alpha value is 1.54. The van der Waals surface area contributed by atoms with Crippen LogP contribution in [0.25, 0.3) is 0 Å². The fourth-order valence-corrected chi connectivity index (χ4v) is 2.47. The van der Waals surface area contributed by atoms with Crippen molar-refractivity contribution in [3.8, 4) is 0 Å². The second-order valence-corrected chi connectivity index (χ2v) is 4.44. The summed E-state index contributed by atoms with van der Waals surface area (Å²) in [6, 6.07) is 1.25. The van der Waals surface area contributed by atoms with Crippen molar-refractivity contribution >= 4 is 84.4 Å². The molecule has 0 spiro atoms. The first-order valence-electron chi connectivity index (χ1n) is 2.22. The van der Waals surface area contributed by atoms with Gasteiger partial charge in [0, 0.05) is 51.4 Å². The Balaban J connectivity index is 0.000001000. The molecule has 1 N–H and O–H groups in total. The molecule has 1 rings (SSSR count). The zero-order valence-electron chi connectivity index (χ0n) is 5.61. The maximum Gasteiger partial charge on any atom is 0.296 e. The maximum absolute atomic E-state index is 10.4. The molecule has 0 unspecified atom stereocenters. The molecule has 1 heterocycles. The average Bonchev–Trinajstić information content (AvgIpc) is 2.11. The van der Waals surface area contributed by atoms with Gasteiger partial charge in [0.25, 0.3) is 10.1 Å². The predicted molar refractivity (Wildman–Crippen MR) is 44.9 cm³/mol. The molecule has 1 aromatic rings. The standard InChI is InChI=1S/C4H3ClO3S2.K/c5-4-3(1-2-9-4)10(6,7)8;/h1-2H,(H,6,7,8);. The minimum atomic E-state index is -4.11. The molecule has 0 bridgehead atoms. The summed E-state index contributed by atoms with van der Waals surface area (Å²) in [4.78, 5) is -0.223. The molecule has 0 aliphatic rings. The van der Waals surface area contributed by atoms with Crippen LogP contribution in [-0.4, -0.2) is 64.4 Å². The Morgan fingerprint density at radius 2 is 2.09 bits per heavy atom. The van der Waals surface area contributed by atoms with Gasteiger partial charge in [-0.3, -0.25) is 4.55 Å². The van der Waals surface area contributed by atoms with Gasteiger partial charge in [-0.1, -0.05) is 11.6 Å². The maximum atomic E-state index is 10.4. The monoisotopic (exact) mass is 237 g/mol. The number of thiophene rings is 1. The molecule has 0 aliphatic heterocycles. The van der Waals surface area contributed by atoms with Gasteiger partial charge in [0.15, 0.2) is 0 Å². The van der Waals surface area contributed by atoms with Crippen molar-refractivity contribution in [2.45, 2.75) is 4.90 Å². The summed E-state index contributed by atoms with van der Waals surface area (Å²) in [6.07, 6.45) is 0. The summed E-state index contributed by atoms with van der Waals surface area (Å²) in [5.74, 6) is 0. The largest absolute Gasteiger partial charge is 0.296 e. The second-order valence-electron chi connectivity index (χ2n) is 1.53. The first-order chi connectivity index (χ1) is 4.52. The zero-order chi connectivity index (χ0) is 7.78. The van der Waals surface area contributed by atoms with E-state index in [1.165, 1.54) is 11.4 Å². The van der Waals surface area contributed by atoms with Crippen LogP contribution in [0.4, 0.5) is 0 Å². The number of hydrogen-bond donors (Lipinski definition) is 1. The molecular formula is C4H3ClKO3S2. The van der Waals surface area contributed by atoms with E-state index < -0.39 is 10.1 Å². The summed E-state index contributed by atoms with van der Waals surface area (Å²) in [5.41, 5.74) is 0. The Labute approximate surface area is 116 Å². The van der Waals surface area contributed by atoms with E-state index in [0.29, 0.717) is 0 Å². The van der Waals surface area contributed by atoms with E-state index in [1.54, 1.807) is 0 Å². The van der Waals surface area contributed by atoms with Crippen LogP contribution < -0.4 is 0 Å². The molecule has 7 heteroatoms. The van der Waals surface area contributed by atoms with Crippen LogP contribution in [0.1, 0.15) is 0 Å². The van der Waals surface area contributed by atoms with Gasteiger partial charge in [0.1, 0.15) is 9.23 Å². The molecule has 0 atom stereocenters.